The Morgan fingerprint density at radius 3 is 2.39 bits per heavy atom. The summed E-state index contributed by atoms with van der Waals surface area (Å²) in [7, 11) is -3.21. The molecule has 1 amide bonds. The van der Waals surface area contributed by atoms with Crippen LogP contribution in [0.1, 0.15) is 72.3 Å². The summed E-state index contributed by atoms with van der Waals surface area (Å²) in [5.41, 5.74) is 2.05. The number of piperidine rings is 1. The number of carbonyl (C=O) groups excluding carboxylic acids is 2. The Bertz CT molecular complexity index is 1170. The second-order valence-corrected chi connectivity index (χ2v) is 12.2. The molecule has 0 unspecified atom stereocenters. The third kappa shape index (κ3) is 4.71. The minimum atomic E-state index is -3.21. The molecule has 2 aromatic rings. The summed E-state index contributed by atoms with van der Waals surface area (Å²) in [5.74, 6) is 0.748. The van der Waals surface area contributed by atoms with Crippen molar-refractivity contribution in [3.63, 3.8) is 0 Å². The highest BCUT2D eigenvalue weighted by molar-refractivity contribution is 7.91. The number of sulfone groups is 1. The maximum Gasteiger partial charge on any atom is 0.287 e. The fourth-order valence-corrected chi connectivity index (χ4v) is 5.75. The number of hydrogen-bond donors (Lipinski definition) is 1. The number of nitrogens with zero attached hydrogens (tertiary/aromatic N) is 1. The van der Waals surface area contributed by atoms with Crippen molar-refractivity contribution in [2.45, 2.75) is 64.3 Å². The molecule has 178 valence electrons. The standard InChI is InChI=1S/C25H32N2O5S/c1-5-33(30,31)19-8-6-18(7-9-19)27-12-10-17(11-13-27)26-24(29)23-16(2)22-20(28)14-25(3,4)15-21(22)32-23/h6-9,17H,5,10-15H2,1-4H3,(H,26,29). The highest BCUT2D eigenvalue weighted by atomic mass is 32.2. The van der Waals surface area contributed by atoms with E-state index in [9.17, 15) is 18.0 Å². The van der Waals surface area contributed by atoms with Crippen LogP contribution in [0.3, 0.4) is 0 Å². The van der Waals surface area contributed by atoms with Gasteiger partial charge in [0.2, 0.25) is 0 Å². The van der Waals surface area contributed by atoms with Crippen molar-refractivity contribution < 1.29 is 22.4 Å². The third-order valence-electron chi connectivity index (χ3n) is 6.75. The van der Waals surface area contributed by atoms with Gasteiger partial charge in [-0.25, -0.2) is 8.42 Å². The van der Waals surface area contributed by atoms with Crippen LogP contribution in [0.25, 0.3) is 0 Å². The molecule has 1 saturated heterocycles. The molecule has 0 bridgehead atoms. The molecule has 0 atom stereocenters. The Morgan fingerprint density at radius 1 is 1.15 bits per heavy atom. The molecule has 0 saturated carbocycles. The van der Waals surface area contributed by atoms with E-state index < -0.39 is 9.84 Å². The van der Waals surface area contributed by atoms with Crippen LogP contribution in [0.2, 0.25) is 0 Å². The number of benzene rings is 1. The average Bonchev–Trinajstić information content (AvgIpc) is 3.09. The average molecular weight is 473 g/mol. The second kappa shape index (κ2) is 8.63. The van der Waals surface area contributed by atoms with Crippen LogP contribution in [0.5, 0.6) is 0 Å². The summed E-state index contributed by atoms with van der Waals surface area (Å²) in [6, 6.07) is 7.02. The van der Waals surface area contributed by atoms with Crippen LogP contribution >= 0.6 is 0 Å². The molecule has 8 heteroatoms. The molecule has 4 rings (SSSR count). The van der Waals surface area contributed by atoms with E-state index in [1.54, 1.807) is 26.0 Å². The molecule has 2 heterocycles. The molecule has 1 aliphatic heterocycles. The zero-order valence-electron chi connectivity index (χ0n) is 19.7. The molecule has 1 N–H and O–H groups in total. The molecular formula is C25H32N2O5S. The van der Waals surface area contributed by atoms with Gasteiger partial charge in [0, 0.05) is 43.2 Å². The lowest BCUT2D eigenvalue weighted by atomic mass is 9.76. The van der Waals surface area contributed by atoms with E-state index in [4.69, 9.17) is 4.42 Å². The zero-order chi connectivity index (χ0) is 24.0. The Labute approximate surface area is 195 Å². The van der Waals surface area contributed by atoms with E-state index in [1.165, 1.54) is 0 Å². The number of fused-ring (bicyclic) bond motifs is 1. The summed E-state index contributed by atoms with van der Waals surface area (Å²) >= 11 is 0. The van der Waals surface area contributed by atoms with Gasteiger partial charge in [-0.2, -0.15) is 0 Å². The lowest BCUT2D eigenvalue weighted by Gasteiger charge is -2.34. The number of rotatable bonds is 5. The van der Waals surface area contributed by atoms with Crippen LogP contribution in [-0.2, 0) is 16.3 Å². The first-order chi connectivity index (χ1) is 15.5. The molecule has 2 aliphatic rings. The summed E-state index contributed by atoms with van der Waals surface area (Å²) in [4.78, 5) is 28.1. The molecule has 1 aliphatic carbocycles. The fraction of sp³-hybridized carbons (Fsp3) is 0.520. The molecule has 0 radical (unpaired) electrons. The van der Waals surface area contributed by atoms with Crippen LogP contribution < -0.4 is 10.2 Å². The summed E-state index contributed by atoms with van der Waals surface area (Å²) < 4.78 is 29.9. The van der Waals surface area contributed by atoms with Crippen LogP contribution in [0.15, 0.2) is 33.6 Å². The van der Waals surface area contributed by atoms with Crippen molar-refractivity contribution in [3.8, 4) is 0 Å². The number of hydrogen-bond acceptors (Lipinski definition) is 6. The molecule has 33 heavy (non-hydrogen) atoms. The highest BCUT2D eigenvalue weighted by Gasteiger charge is 2.37. The first kappa shape index (κ1) is 23.5. The Balaban J connectivity index is 1.38. The van der Waals surface area contributed by atoms with Crippen LogP contribution in [0.4, 0.5) is 5.69 Å². The SMILES string of the molecule is CCS(=O)(=O)c1ccc(N2CCC(NC(=O)c3oc4c(c3C)C(=O)CC(C)(C)C4)CC2)cc1. The number of carbonyl (C=O) groups is 2. The van der Waals surface area contributed by atoms with Gasteiger partial charge in [-0.1, -0.05) is 20.8 Å². The van der Waals surface area contributed by atoms with Crippen molar-refractivity contribution in [2.24, 2.45) is 5.41 Å². The quantitative estimate of drug-likeness (QED) is 0.708. The Morgan fingerprint density at radius 2 is 1.79 bits per heavy atom. The van der Waals surface area contributed by atoms with Crippen molar-refractivity contribution in [1.29, 1.82) is 0 Å². The maximum absolute atomic E-state index is 12.9. The fourth-order valence-electron chi connectivity index (χ4n) is 4.86. The molecule has 7 nitrogen and oxygen atoms in total. The molecule has 1 aromatic carbocycles. The van der Waals surface area contributed by atoms with Crippen LogP contribution in [0, 0.1) is 12.3 Å². The Hall–Kier alpha value is -2.61. The number of furan rings is 1. The smallest absolute Gasteiger partial charge is 0.287 e. The third-order valence-corrected chi connectivity index (χ3v) is 8.50. The first-order valence-electron chi connectivity index (χ1n) is 11.5. The number of amides is 1. The van der Waals surface area contributed by atoms with E-state index in [-0.39, 0.29) is 34.7 Å². The van der Waals surface area contributed by atoms with Crippen LogP contribution in [-0.4, -0.2) is 45.0 Å². The largest absolute Gasteiger partial charge is 0.455 e. The van der Waals surface area contributed by atoms with Gasteiger partial charge >= 0.3 is 0 Å². The number of anilines is 1. The van der Waals surface area contributed by atoms with E-state index in [0.717, 1.165) is 31.6 Å². The number of Topliss-reactive ketones (excluding diaryl/α,β-unsaturated/α-hetero) is 1. The van der Waals surface area contributed by atoms with Gasteiger partial charge in [0.1, 0.15) is 5.76 Å². The summed E-state index contributed by atoms with van der Waals surface area (Å²) in [6.07, 6.45) is 2.66. The van der Waals surface area contributed by atoms with Crippen molar-refractivity contribution in [2.75, 3.05) is 23.7 Å². The van der Waals surface area contributed by atoms with Gasteiger partial charge in [0.05, 0.1) is 16.2 Å². The zero-order valence-corrected chi connectivity index (χ0v) is 20.5. The minimum Gasteiger partial charge on any atom is -0.455 e. The number of nitrogens with one attached hydrogen (secondary N) is 1. The first-order valence-corrected chi connectivity index (χ1v) is 13.2. The van der Waals surface area contributed by atoms with E-state index in [0.29, 0.717) is 34.6 Å². The van der Waals surface area contributed by atoms with Crippen molar-refractivity contribution >= 4 is 27.2 Å². The Kier molecular flexibility index (Phi) is 6.16. The normalized spacial score (nSPS) is 18.8. The molecular weight excluding hydrogens is 440 g/mol. The summed E-state index contributed by atoms with van der Waals surface area (Å²) in [5, 5.41) is 3.08. The van der Waals surface area contributed by atoms with Gasteiger partial charge < -0.3 is 14.6 Å². The van der Waals surface area contributed by atoms with Gasteiger partial charge in [-0.05, 0) is 49.4 Å². The van der Waals surface area contributed by atoms with E-state index in [1.807, 2.05) is 26.0 Å². The lowest BCUT2D eigenvalue weighted by Crippen LogP contribution is -2.44. The predicted molar refractivity (Wildman–Crippen MR) is 127 cm³/mol. The molecule has 1 aromatic heterocycles. The number of ketones is 1. The van der Waals surface area contributed by atoms with E-state index in [2.05, 4.69) is 10.2 Å². The summed E-state index contributed by atoms with van der Waals surface area (Å²) in [6.45, 7) is 9.01. The highest BCUT2D eigenvalue weighted by Crippen LogP contribution is 2.38. The van der Waals surface area contributed by atoms with Crippen molar-refractivity contribution in [3.05, 3.63) is 46.9 Å². The molecule has 0 spiro atoms. The van der Waals surface area contributed by atoms with Gasteiger partial charge in [-0.3, -0.25) is 9.59 Å². The van der Waals surface area contributed by atoms with Gasteiger partial charge in [0.15, 0.2) is 21.4 Å². The molecule has 1 fully saturated rings. The minimum absolute atomic E-state index is 0.0159. The van der Waals surface area contributed by atoms with Gasteiger partial charge in [-0.15, -0.1) is 0 Å². The van der Waals surface area contributed by atoms with Gasteiger partial charge in [0.25, 0.3) is 5.91 Å². The maximum atomic E-state index is 12.9. The monoisotopic (exact) mass is 472 g/mol. The predicted octanol–water partition coefficient (Wildman–Crippen LogP) is 3.94. The van der Waals surface area contributed by atoms with E-state index >= 15 is 0 Å². The van der Waals surface area contributed by atoms with Crippen molar-refractivity contribution in [1.82, 2.24) is 5.32 Å². The second-order valence-electron chi connectivity index (χ2n) is 9.93. The lowest BCUT2D eigenvalue weighted by molar-refractivity contribution is 0.0879. The topological polar surface area (TPSA) is 96.7 Å².